The van der Waals surface area contributed by atoms with Crippen molar-refractivity contribution < 1.29 is 0 Å². The number of hydrogen-bond donors (Lipinski definition) is 0. The third kappa shape index (κ3) is 4.07. The molecule has 0 unspecified atom stereocenters. The van der Waals surface area contributed by atoms with Crippen LogP contribution in [0.25, 0.3) is 0 Å². The van der Waals surface area contributed by atoms with Crippen molar-refractivity contribution in [1.29, 1.82) is 0 Å². The monoisotopic (exact) mass is 194 g/mol. The Kier molecular flexibility index (Phi) is 4.36. The Bertz CT molecular complexity index is 188. The molecule has 0 N–H and O–H groups in total. The molecular formula is C12H22N2. The fourth-order valence-electron chi connectivity index (χ4n) is 1.87. The van der Waals surface area contributed by atoms with Crippen molar-refractivity contribution in [2.75, 3.05) is 39.3 Å². The normalized spacial score (nSPS) is 19.6. The van der Waals surface area contributed by atoms with Crippen LogP contribution in [0.2, 0.25) is 0 Å². The molecule has 0 bridgehead atoms. The lowest BCUT2D eigenvalue weighted by Crippen LogP contribution is -2.46. The van der Waals surface area contributed by atoms with Crippen LogP contribution in [0.15, 0.2) is 24.3 Å². The van der Waals surface area contributed by atoms with E-state index in [0.717, 1.165) is 13.1 Å². The number of piperazine rings is 1. The molecule has 0 aromatic carbocycles. The highest BCUT2D eigenvalue weighted by Crippen LogP contribution is 2.05. The number of hydrogen-bond acceptors (Lipinski definition) is 2. The molecule has 2 nitrogen and oxygen atoms in total. The van der Waals surface area contributed by atoms with E-state index in [9.17, 15) is 0 Å². The Morgan fingerprint density at radius 1 is 0.857 bits per heavy atom. The van der Waals surface area contributed by atoms with Gasteiger partial charge in [0.1, 0.15) is 0 Å². The second-order valence-corrected chi connectivity index (χ2v) is 4.47. The number of rotatable bonds is 4. The van der Waals surface area contributed by atoms with Crippen molar-refractivity contribution in [1.82, 2.24) is 9.80 Å². The maximum atomic E-state index is 3.95. The van der Waals surface area contributed by atoms with Crippen LogP contribution in [0.5, 0.6) is 0 Å². The summed E-state index contributed by atoms with van der Waals surface area (Å²) in [7, 11) is 0. The van der Waals surface area contributed by atoms with Crippen LogP contribution < -0.4 is 0 Å². The fourth-order valence-corrected chi connectivity index (χ4v) is 1.87. The molecular weight excluding hydrogens is 172 g/mol. The summed E-state index contributed by atoms with van der Waals surface area (Å²) in [6, 6.07) is 0. The maximum absolute atomic E-state index is 3.95. The molecule has 80 valence electrons. The van der Waals surface area contributed by atoms with Gasteiger partial charge in [-0.3, -0.25) is 9.80 Å². The predicted octanol–water partition coefficient (Wildman–Crippen LogP) is 1.76. The molecule has 1 aliphatic rings. The first-order valence-corrected chi connectivity index (χ1v) is 5.31. The fraction of sp³-hybridized carbons (Fsp3) is 0.667. The molecule has 0 aliphatic carbocycles. The molecule has 0 saturated carbocycles. The van der Waals surface area contributed by atoms with E-state index in [1.807, 2.05) is 0 Å². The van der Waals surface area contributed by atoms with E-state index in [4.69, 9.17) is 0 Å². The summed E-state index contributed by atoms with van der Waals surface area (Å²) < 4.78 is 0. The minimum Gasteiger partial charge on any atom is -0.297 e. The zero-order chi connectivity index (χ0) is 10.6. The van der Waals surface area contributed by atoms with E-state index in [2.05, 4.69) is 36.8 Å². The van der Waals surface area contributed by atoms with Crippen molar-refractivity contribution >= 4 is 0 Å². The molecule has 0 atom stereocenters. The predicted molar refractivity (Wildman–Crippen MR) is 62.5 cm³/mol. The lowest BCUT2D eigenvalue weighted by molar-refractivity contribution is 0.149. The molecule has 1 heterocycles. The largest absolute Gasteiger partial charge is 0.297 e. The van der Waals surface area contributed by atoms with Gasteiger partial charge < -0.3 is 0 Å². The second kappa shape index (κ2) is 5.32. The average Bonchev–Trinajstić information content (AvgIpc) is 2.06. The zero-order valence-electron chi connectivity index (χ0n) is 9.55. The summed E-state index contributed by atoms with van der Waals surface area (Å²) in [5.74, 6) is 0. The lowest BCUT2D eigenvalue weighted by Gasteiger charge is -2.34. The van der Waals surface area contributed by atoms with Crippen molar-refractivity contribution in [2.24, 2.45) is 0 Å². The van der Waals surface area contributed by atoms with E-state index in [-0.39, 0.29) is 0 Å². The molecule has 0 amide bonds. The summed E-state index contributed by atoms with van der Waals surface area (Å²) >= 11 is 0. The quantitative estimate of drug-likeness (QED) is 0.629. The van der Waals surface area contributed by atoms with Crippen LogP contribution in [-0.4, -0.2) is 49.1 Å². The van der Waals surface area contributed by atoms with Gasteiger partial charge in [0, 0.05) is 39.3 Å². The van der Waals surface area contributed by atoms with Crippen LogP contribution in [0.3, 0.4) is 0 Å². The first-order chi connectivity index (χ1) is 6.58. The van der Waals surface area contributed by atoms with Crippen LogP contribution in [-0.2, 0) is 0 Å². The van der Waals surface area contributed by atoms with E-state index in [1.54, 1.807) is 0 Å². The molecule has 0 aromatic heterocycles. The van der Waals surface area contributed by atoms with Gasteiger partial charge in [0.05, 0.1) is 0 Å². The molecule has 1 aliphatic heterocycles. The molecule has 1 saturated heterocycles. The molecule has 2 heteroatoms. The summed E-state index contributed by atoms with van der Waals surface area (Å²) in [6.07, 6.45) is 0. The van der Waals surface area contributed by atoms with E-state index >= 15 is 0 Å². The standard InChI is InChI=1S/C12H22N2/c1-11(2)9-13-5-7-14(8-6-13)10-12(3)4/h1,3,5-10H2,2,4H3. The van der Waals surface area contributed by atoms with Crippen LogP contribution in [0, 0.1) is 0 Å². The van der Waals surface area contributed by atoms with Gasteiger partial charge in [-0.05, 0) is 13.8 Å². The summed E-state index contributed by atoms with van der Waals surface area (Å²) in [5, 5.41) is 0. The smallest absolute Gasteiger partial charge is 0.0188 e. The number of nitrogens with zero attached hydrogens (tertiary/aromatic N) is 2. The minimum atomic E-state index is 1.06. The Morgan fingerprint density at radius 3 is 1.36 bits per heavy atom. The van der Waals surface area contributed by atoms with E-state index in [1.165, 1.54) is 37.3 Å². The van der Waals surface area contributed by atoms with Gasteiger partial charge in [-0.15, -0.1) is 0 Å². The first kappa shape index (κ1) is 11.5. The van der Waals surface area contributed by atoms with Crippen LogP contribution in [0.4, 0.5) is 0 Å². The summed E-state index contributed by atoms with van der Waals surface area (Å²) in [4.78, 5) is 4.94. The van der Waals surface area contributed by atoms with Gasteiger partial charge in [-0.2, -0.15) is 0 Å². The van der Waals surface area contributed by atoms with Crippen LogP contribution in [0.1, 0.15) is 13.8 Å². The van der Waals surface area contributed by atoms with Gasteiger partial charge in [-0.1, -0.05) is 24.3 Å². The van der Waals surface area contributed by atoms with Gasteiger partial charge in [-0.25, -0.2) is 0 Å². The molecule has 0 aromatic rings. The van der Waals surface area contributed by atoms with Gasteiger partial charge in [0.25, 0.3) is 0 Å². The van der Waals surface area contributed by atoms with Gasteiger partial charge in [0.2, 0.25) is 0 Å². The highest BCUT2D eigenvalue weighted by atomic mass is 15.3. The van der Waals surface area contributed by atoms with E-state index in [0.29, 0.717) is 0 Å². The van der Waals surface area contributed by atoms with Crippen molar-refractivity contribution in [3.8, 4) is 0 Å². The Hall–Kier alpha value is -0.600. The average molecular weight is 194 g/mol. The minimum absolute atomic E-state index is 1.06. The molecule has 0 radical (unpaired) electrons. The van der Waals surface area contributed by atoms with Gasteiger partial charge >= 0.3 is 0 Å². The van der Waals surface area contributed by atoms with Gasteiger partial charge in [0.15, 0.2) is 0 Å². The third-order valence-corrected chi connectivity index (χ3v) is 2.45. The lowest BCUT2D eigenvalue weighted by atomic mass is 10.2. The summed E-state index contributed by atoms with van der Waals surface area (Å²) in [5.41, 5.74) is 2.52. The molecule has 1 fully saturated rings. The van der Waals surface area contributed by atoms with Crippen LogP contribution >= 0.6 is 0 Å². The highest BCUT2D eigenvalue weighted by molar-refractivity contribution is 4.95. The molecule has 0 spiro atoms. The third-order valence-electron chi connectivity index (χ3n) is 2.45. The van der Waals surface area contributed by atoms with Crippen molar-refractivity contribution in [3.05, 3.63) is 24.3 Å². The molecule has 1 rings (SSSR count). The highest BCUT2D eigenvalue weighted by Gasteiger charge is 2.15. The SMILES string of the molecule is C=C(C)CN1CCN(CC(=C)C)CC1. The van der Waals surface area contributed by atoms with Crippen molar-refractivity contribution in [2.45, 2.75) is 13.8 Å². The van der Waals surface area contributed by atoms with Crippen molar-refractivity contribution in [3.63, 3.8) is 0 Å². The summed E-state index contributed by atoms with van der Waals surface area (Å²) in [6.45, 7) is 18.9. The topological polar surface area (TPSA) is 6.48 Å². The second-order valence-electron chi connectivity index (χ2n) is 4.47. The maximum Gasteiger partial charge on any atom is 0.0188 e. The zero-order valence-corrected chi connectivity index (χ0v) is 9.55. The molecule has 14 heavy (non-hydrogen) atoms. The Balaban J connectivity index is 2.24. The Labute approximate surface area is 87.9 Å². The van der Waals surface area contributed by atoms with E-state index < -0.39 is 0 Å². The Morgan fingerprint density at radius 2 is 1.14 bits per heavy atom. The first-order valence-electron chi connectivity index (χ1n) is 5.31.